The van der Waals surface area contributed by atoms with Crippen molar-refractivity contribution in [3.63, 3.8) is 0 Å². The van der Waals surface area contributed by atoms with Gasteiger partial charge in [0.1, 0.15) is 5.75 Å². The summed E-state index contributed by atoms with van der Waals surface area (Å²) in [5, 5.41) is 0. The maximum atomic E-state index is 12.2. The van der Waals surface area contributed by atoms with Gasteiger partial charge in [0.05, 0.1) is 0 Å². The molecule has 19 heavy (non-hydrogen) atoms. The van der Waals surface area contributed by atoms with Crippen molar-refractivity contribution >= 4 is 5.91 Å². The Morgan fingerprint density at radius 1 is 1.47 bits per heavy atom. The largest absolute Gasteiger partial charge is 0.483 e. The molecule has 1 aromatic carbocycles. The van der Waals surface area contributed by atoms with E-state index in [2.05, 4.69) is 6.92 Å². The predicted octanol–water partition coefficient (Wildman–Crippen LogP) is 1.93. The maximum Gasteiger partial charge on any atom is 0.260 e. The number of likely N-dealkylation sites (tertiary alicyclic amines) is 1. The molecule has 1 fully saturated rings. The van der Waals surface area contributed by atoms with Crippen LogP contribution in [0.15, 0.2) is 24.3 Å². The van der Waals surface area contributed by atoms with Crippen LogP contribution in [0.3, 0.4) is 0 Å². The zero-order valence-electron chi connectivity index (χ0n) is 11.5. The van der Waals surface area contributed by atoms with Crippen molar-refractivity contribution in [2.45, 2.75) is 38.8 Å². The zero-order valence-corrected chi connectivity index (χ0v) is 11.5. The lowest BCUT2D eigenvalue weighted by molar-refractivity contribution is -0.134. The van der Waals surface area contributed by atoms with Crippen molar-refractivity contribution in [3.8, 4) is 5.75 Å². The third kappa shape index (κ3) is 3.26. The van der Waals surface area contributed by atoms with Gasteiger partial charge in [-0.1, -0.05) is 25.1 Å². The van der Waals surface area contributed by atoms with Gasteiger partial charge in [-0.2, -0.15) is 0 Å². The van der Waals surface area contributed by atoms with Gasteiger partial charge in [0, 0.05) is 24.7 Å². The highest BCUT2D eigenvalue weighted by Crippen LogP contribution is 2.21. The van der Waals surface area contributed by atoms with E-state index in [4.69, 9.17) is 10.5 Å². The molecule has 104 valence electrons. The first kappa shape index (κ1) is 13.9. The minimum Gasteiger partial charge on any atom is -0.483 e. The van der Waals surface area contributed by atoms with Gasteiger partial charge in [0.2, 0.25) is 0 Å². The monoisotopic (exact) mass is 262 g/mol. The van der Waals surface area contributed by atoms with Crippen LogP contribution in [-0.2, 0) is 11.3 Å². The molecule has 1 aliphatic heterocycles. The van der Waals surface area contributed by atoms with Gasteiger partial charge in [0.15, 0.2) is 6.61 Å². The average molecular weight is 262 g/mol. The average Bonchev–Trinajstić information content (AvgIpc) is 2.93. The van der Waals surface area contributed by atoms with E-state index >= 15 is 0 Å². The lowest BCUT2D eigenvalue weighted by Crippen LogP contribution is -2.38. The summed E-state index contributed by atoms with van der Waals surface area (Å²) in [6.45, 7) is 3.51. The predicted molar refractivity (Wildman–Crippen MR) is 74.9 cm³/mol. The molecule has 0 saturated carbocycles. The quantitative estimate of drug-likeness (QED) is 0.882. The first-order chi connectivity index (χ1) is 9.26. The summed E-state index contributed by atoms with van der Waals surface area (Å²) >= 11 is 0. The number of nitrogens with two attached hydrogens (primary N) is 1. The molecule has 1 unspecified atom stereocenters. The van der Waals surface area contributed by atoms with E-state index in [1.165, 1.54) is 0 Å². The van der Waals surface area contributed by atoms with E-state index in [-0.39, 0.29) is 12.5 Å². The number of para-hydroxylation sites is 1. The maximum absolute atomic E-state index is 12.2. The second kappa shape index (κ2) is 6.57. The van der Waals surface area contributed by atoms with Gasteiger partial charge in [-0.3, -0.25) is 4.79 Å². The first-order valence-electron chi connectivity index (χ1n) is 6.96. The van der Waals surface area contributed by atoms with Gasteiger partial charge in [-0.05, 0) is 25.3 Å². The second-order valence-electron chi connectivity index (χ2n) is 4.89. The highest BCUT2D eigenvalue weighted by atomic mass is 16.5. The van der Waals surface area contributed by atoms with Crippen LogP contribution in [0.4, 0.5) is 0 Å². The topological polar surface area (TPSA) is 55.6 Å². The highest BCUT2D eigenvalue weighted by Gasteiger charge is 2.27. The van der Waals surface area contributed by atoms with E-state index in [1.807, 2.05) is 29.2 Å². The molecule has 0 aliphatic carbocycles. The van der Waals surface area contributed by atoms with Crippen LogP contribution in [0, 0.1) is 0 Å². The summed E-state index contributed by atoms with van der Waals surface area (Å²) in [7, 11) is 0. The fourth-order valence-electron chi connectivity index (χ4n) is 2.62. The van der Waals surface area contributed by atoms with Gasteiger partial charge in [-0.25, -0.2) is 0 Å². The number of rotatable bonds is 5. The molecule has 1 aliphatic rings. The normalized spacial score (nSPS) is 18.6. The number of benzene rings is 1. The summed E-state index contributed by atoms with van der Waals surface area (Å²) < 4.78 is 5.62. The first-order valence-corrected chi connectivity index (χ1v) is 6.96. The summed E-state index contributed by atoms with van der Waals surface area (Å²) in [5.41, 5.74) is 6.58. The van der Waals surface area contributed by atoms with E-state index in [9.17, 15) is 4.79 Å². The van der Waals surface area contributed by atoms with E-state index in [1.54, 1.807) is 0 Å². The van der Waals surface area contributed by atoms with Crippen molar-refractivity contribution in [2.24, 2.45) is 5.73 Å². The Balaban J connectivity index is 1.93. The van der Waals surface area contributed by atoms with Crippen LogP contribution >= 0.6 is 0 Å². The van der Waals surface area contributed by atoms with Crippen LogP contribution in [0.25, 0.3) is 0 Å². The molecule has 1 saturated heterocycles. The van der Waals surface area contributed by atoms with Crippen LogP contribution in [0.1, 0.15) is 31.7 Å². The summed E-state index contributed by atoms with van der Waals surface area (Å²) in [6, 6.07) is 7.98. The molecule has 1 aromatic rings. The van der Waals surface area contributed by atoms with Crippen LogP contribution in [0.2, 0.25) is 0 Å². The Morgan fingerprint density at radius 3 is 3.00 bits per heavy atom. The van der Waals surface area contributed by atoms with Crippen molar-refractivity contribution in [3.05, 3.63) is 29.8 Å². The lowest BCUT2D eigenvalue weighted by atomic mass is 10.2. The number of carbonyl (C=O) groups excluding carboxylic acids is 1. The second-order valence-corrected chi connectivity index (χ2v) is 4.89. The Labute approximate surface area is 114 Å². The van der Waals surface area contributed by atoms with Crippen LogP contribution in [-0.4, -0.2) is 30.0 Å². The molecule has 0 bridgehead atoms. The van der Waals surface area contributed by atoms with Gasteiger partial charge in [-0.15, -0.1) is 0 Å². The van der Waals surface area contributed by atoms with E-state index < -0.39 is 0 Å². The van der Waals surface area contributed by atoms with E-state index in [0.717, 1.165) is 31.4 Å². The van der Waals surface area contributed by atoms with Gasteiger partial charge >= 0.3 is 0 Å². The fraction of sp³-hybridized carbons (Fsp3) is 0.533. The van der Waals surface area contributed by atoms with Crippen molar-refractivity contribution in [1.29, 1.82) is 0 Å². The van der Waals surface area contributed by atoms with Crippen molar-refractivity contribution in [2.75, 3.05) is 13.2 Å². The molecule has 0 aromatic heterocycles. The van der Waals surface area contributed by atoms with Crippen LogP contribution in [0.5, 0.6) is 5.75 Å². The molecular formula is C15H22N2O2. The van der Waals surface area contributed by atoms with Gasteiger partial charge < -0.3 is 15.4 Å². The molecule has 1 heterocycles. The molecule has 4 nitrogen and oxygen atoms in total. The van der Waals surface area contributed by atoms with Crippen molar-refractivity contribution < 1.29 is 9.53 Å². The molecule has 2 rings (SSSR count). The number of hydrogen-bond acceptors (Lipinski definition) is 3. The number of carbonyl (C=O) groups is 1. The van der Waals surface area contributed by atoms with Gasteiger partial charge in [0.25, 0.3) is 5.91 Å². The minimum atomic E-state index is 0.0798. The summed E-state index contributed by atoms with van der Waals surface area (Å²) in [5.74, 6) is 0.793. The lowest BCUT2D eigenvalue weighted by Gasteiger charge is -2.23. The SMILES string of the molecule is CCC1CCCN1C(=O)COc1ccccc1CN. The zero-order chi connectivity index (χ0) is 13.7. The molecule has 2 N–H and O–H groups in total. The molecule has 1 atom stereocenters. The minimum absolute atomic E-state index is 0.0798. The Hall–Kier alpha value is -1.55. The number of hydrogen-bond donors (Lipinski definition) is 1. The third-order valence-electron chi connectivity index (χ3n) is 3.71. The molecule has 4 heteroatoms. The Morgan fingerprint density at radius 2 is 2.26 bits per heavy atom. The molecule has 0 radical (unpaired) electrons. The Kier molecular flexibility index (Phi) is 4.80. The number of amides is 1. The molecule has 0 spiro atoms. The summed E-state index contributed by atoms with van der Waals surface area (Å²) in [6.07, 6.45) is 3.23. The molecular weight excluding hydrogens is 240 g/mol. The van der Waals surface area contributed by atoms with Crippen molar-refractivity contribution in [1.82, 2.24) is 4.90 Å². The number of nitrogens with zero attached hydrogens (tertiary/aromatic N) is 1. The Bertz CT molecular complexity index is 434. The smallest absolute Gasteiger partial charge is 0.260 e. The van der Waals surface area contributed by atoms with Crippen LogP contribution < -0.4 is 10.5 Å². The highest BCUT2D eigenvalue weighted by molar-refractivity contribution is 5.78. The standard InChI is InChI=1S/C15H22N2O2/c1-2-13-7-5-9-17(13)15(18)11-19-14-8-4-3-6-12(14)10-16/h3-4,6,8,13H,2,5,7,9-11,16H2,1H3. The summed E-state index contributed by atoms with van der Waals surface area (Å²) in [4.78, 5) is 14.1. The molecule has 1 amide bonds. The fourth-order valence-corrected chi connectivity index (χ4v) is 2.62. The van der Waals surface area contributed by atoms with E-state index in [0.29, 0.717) is 18.3 Å². The number of ether oxygens (including phenoxy) is 1. The third-order valence-corrected chi connectivity index (χ3v) is 3.71.